The summed E-state index contributed by atoms with van der Waals surface area (Å²) < 4.78 is 1.27. The fourth-order valence-electron chi connectivity index (χ4n) is 3.54. The summed E-state index contributed by atoms with van der Waals surface area (Å²) in [5, 5.41) is 3.58. The third-order valence-corrected chi connectivity index (χ3v) is 6.52. The van der Waals surface area contributed by atoms with Crippen LogP contribution in [0.25, 0.3) is 0 Å². The summed E-state index contributed by atoms with van der Waals surface area (Å²) in [4.78, 5) is 1.55. The quantitative estimate of drug-likeness (QED) is 0.723. The van der Waals surface area contributed by atoms with Gasteiger partial charge in [0.15, 0.2) is 0 Å². The Kier molecular flexibility index (Phi) is 6.57. The molecule has 3 unspecified atom stereocenters. The molecule has 1 aromatic heterocycles. The Bertz CT molecular complexity index is 401. The molecule has 20 heavy (non-hydrogen) atoms. The van der Waals surface area contributed by atoms with Crippen molar-refractivity contribution >= 4 is 27.3 Å². The van der Waals surface area contributed by atoms with Crippen molar-refractivity contribution in [2.45, 2.75) is 46.5 Å². The van der Waals surface area contributed by atoms with Crippen LogP contribution in [0.1, 0.15) is 44.9 Å². The predicted molar refractivity (Wildman–Crippen MR) is 93.4 cm³/mol. The lowest BCUT2D eigenvalue weighted by Gasteiger charge is -2.38. The minimum atomic E-state index is 0.840. The lowest BCUT2D eigenvalue weighted by atomic mass is 9.69. The summed E-state index contributed by atoms with van der Waals surface area (Å²) in [5.41, 5.74) is 0. The Hall–Kier alpha value is 0.140. The molecule has 1 aliphatic carbocycles. The van der Waals surface area contributed by atoms with Gasteiger partial charge in [0.2, 0.25) is 0 Å². The standard InChI is InChI=1S/C17H28BrNS/c1-4-19-11-14-6-5-13(12(2)3)9-15(14)10-16-7-8-17(18)20-16/h7-8,12-15,19H,4-6,9-11H2,1-3H3. The summed E-state index contributed by atoms with van der Waals surface area (Å²) in [5.74, 6) is 3.50. The van der Waals surface area contributed by atoms with Gasteiger partial charge in [-0.2, -0.15) is 0 Å². The molecule has 114 valence electrons. The van der Waals surface area contributed by atoms with Gasteiger partial charge < -0.3 is 5.32 Å². The summed E-state index contributed by atoms with van der Waals surface area (Å²) in [6.07, 6.45) is 5.53. The van der Waals surface area contributed by atoms with Crippen LogP contribution in [0.4, 0.5) is 0 Å². The molecule has 3 atom stereocenters. The van der Waals surface area contributed by atoms with Crippen LogP contribution in [-0.4, -0.2) is 13.1 Å². The molecule has 1 saturated carbocycles. The number of hydrogen-bond acceptors (Lipinski definition) is 2. The van der Waals surface area contributed by atoms with Crippen LogP contribution in [0.2, 0.25) is 0 Å². The summed E-state index contributed by atoms with van der Waals surface area (Å²) in [6, 6.07) is 4.50. The van der Waals surface area contributed by atoms with E-state index in [1.807, 2.05) is 11.3 Å². The molecule has 1 fully saturated rings. The highest BCUT2D eigenvalue weighted by atomic mass is 79.9. The van der Waals surface area contributed by atoms with Gasteiger partial charge in [-0.1, -0.05) is 20.8 Å². The first kappa shape index (κ1) is 16.5. The fourth-order valence-corrected chi connectivity index (χ4v) is 5.11. The lowest BCUT2D eigenvalue weighted by molar-refractivity contribution is 0.145. The van der Waals surface area contributed by atoms with E-state index in [-0.39, 0.29) is 0 Å². The van der Waals surface area contributed by atoms with Crippen LogP contribution in [0.3, 0.4) is 0 Å². The van der Waals surface area contributed by atoms with Crippen LogP contribution in [0, 0.1) is 23.7 Å². The molecular formula is C17H28BrNS. The van der Waals surface area contributed by atoms with Crippen molar-refractivity contribution < 1.29 is 0 Å². The Morgan fingerprint density at radius 3 is 2.70 bits per heavy atom. The monoisotopic (exact) mass is 357 g/mol. The van der Waals surface area contributed by atoms with E-state index in [4.69, 9.17) is 0 Å². The highest BCUT2D eigenvalue weighted by Crippen LogP contribution is 2.40. The molecule has 1 N–H and O–H groups in total. The molecule has 1 nitrogen and oxygen atoms in total. The minimum absolute atomic E-state index is 0.840. The number of halogens is 1. The van der Waals surface area contributed by atoms with Crippen molar-refractivity contribution in [3.05, 3.63) is 20.8 Å². The van der Waals surface area contributed by atoms with E-state index < -0.39 is 0 Å². The largest absolute Gasteiger partial charge is 0.317 e. The Balaban J connectivity index is 2.00. The van der Waals surface area contributed by atoms with Gasteiger partial charge >= 0.3 is 0 Å². The molecule has 3 heteroatoms. The maximum absolute atomic E-state index is 3.60. The summed E-state index contributed by atoms with van der Waals surface area (Å²) >= 11 is 5.51. The van der Waals surface area contributed by atoms with Gasteiger partial charge in [0.05, 0.1) is 3.79 Å². The maximum Gasteiger partial charge on any atom is 0.0701 e. The van der Waals surface area contributed by atoms with Gasteiger partial charge in [-0.15, -0.1) is 11.3 Å². The van der Waals surface area contributed by atoms with Crippen molar-refractivity contribution in [1.29, 1.82) is 0 Å². The minimum Gasteiger partial charge on any atom is -0.317 e. The molecule has 0 spiro atoms. The second-order valence-electron chi connectivity index (χ2n) is 6.55. The summed E-state index contributed by atoms with van der Waals surface area (Å²) in [7, 11) is 0. The second-order valence-corrected chi connectivity index (χ2v) is 9.10. The van der Waals surface area contributed by atoms with Crippen LogP contribution in [0.5, 0.6) is 0 Å². The van der Waals surface area contributed by atoms with E-state index in [0.29, 0.717) is 0 Å². The van der Waals surface area contributed by atoms with Crippen molar-refractivity contribution in [3.8, 4) is 0 Å². The molecule has 0 saturated heterocycles. The number of rotatable bonds is 6. The van der Waals surface area contributed by atoms with Crippen molar-refractivity contribution in [2.24, 2.45) is 23.7 Å². The number of thiophene rings is 1. The van der Waals surface area contributed by atoms with E-state index in [2.05, 4.69) is 54.2 Å². The Morgan fingerprint density at radius 2 is 2.10 bits per heavy atom. The molecule has 1 heterocycles. The SMILES string of the molecule is CCNCC1CCC(C(C)C)CC1Cc1ccc(Br)s1. The molecule has 0 amide bonds. The predicted octanol–water partition coefficient (Wildman–Crippen LogP) is 5.35. The van der Waals surface area contributed by atoms with Gasteiger partial charge in [0.25, 0.3) is 0 Å². The first-order chi connectivity index (χ1) is 9.60. The van der Waals surface area contributed by atoms with Gasteiger partial charge in [0, 0.05) is 4.88 Å². The Morgan fingerprint density at radius 1 is 1.30 bits per heavy atom. The molecule has 1 aliphatic rings. The average molecular weight is 358 g/mol. The third-order valence-electron chi connectivity index (χ3n) is 4.87. The van der Waals surface area contributed by atoms with Gasteiger partial charge in [-0.25, -0.2) is 0 Å². The summed E-state index contributed by atoms with van der Waals surface area (Å²) in [6.45, 7) is 9.31. The topological polar surface area (TPSA) is 12.0 Å². The number of hydrogen-bond donors (Lipinski definition) is 1. The maximum atomic E-state index is 3.60. The van der Waals surface area contributed by atoms with Crippen molar-refractivity contribution in [3.63, 3.8) is 0 Å². The van der Waals surface area contributed by atoms with E-state index in [9.17, 15) is 0 Å². The van der Waals surface area contributed by atoms with E-state index >= 15 is 0 Å². The molecule has 0 aromatic carbocycles. The van der Waals surface area contributed by atoms with E-state index in [1.165, 1.54) is 36.0 Å². The highest BCUT2D eigenvalue weighted by molar-refractivity contribution is 9.11. The fraction of sp³-hybridized carbons (Fsp3) is 0.765. The normalized spacial score (nSPS) is 27.1. The second kappa shape index (κ2) is 7.95. The van der Waals surface area contributed by atoms with Crippen LogP contribution in [-0.2, 0) is 6.42 Å². The van der Waals surface area contributed by atoms with E-state index in [1.54, 1.807) is 4.88 Å². The highest BCUT2D eigenvalue weighted by Gasteiger charge is 2.31. The molecule has 0 aliphatic heterocycles. The lowest BCUT2D eigenvalue weighted by Crippen LogP contribution is -2.35. The Labute approximate surface area is 136 Å². The smallest absolute Gasteiger partial charge is 0.0701 e. The van der Waals surface area contributed by atoms with Gasteiger partial charge in [-0.3, -0.25) is 0 Å². The van der Waals surface area contributed by atoms with Crippen molar-refractivity contribution in [1.82, 2.24) is 5.32 Å². The molecule has 1 aromatic rings. The van der Waals surface area contributed by atoms with Gasteiger partial charge in [-0.05, 0) is 90.5 Å². The third kappa shape index (κ3) is 4.57. The van der Waals surface area contributed by atoms with Crippen LogP contribution in [0.15, 0.2) is 15.9 Å². The average Bonchev–Trinajstić information content (AvgIpc) is 2.82. The molecular weight excluding hydrogens is 330 g/mol. The molecule has 0 radical (unpaired) electrons. The molecule has 0 bridgehead atoms. The zero-order chi connectivity index (χ0) is 14.5. The zero-order valence-corrected chi connectivity index (χ0v) is 15.4. The zero-order valence-electron chi connectivity index (χ0n) is 13.0. The first-order valence-electron chi connectivity index (χ1n) is 8.05. The van der Waals surface area contributed by atoms with Gasteiger partial charge in [0.1, 0.15) is 0 Å². The first-order valence-corrected chi connectivity index (χ1v) is 9.66. The van der Waals surface area contributed by atoms with Crippen LogP contribution >= 0.6 is 27.3 Å². The van der Waals surface area contributed by atoms with E-state index in [0.717, 1.165) is 30.2 Å². The number of nitrogens with one attached hydrogen (secondary N) is 1. The molecule has 2 rings (SSSR count). The van der Waals surface area contributed by atoms with Crippen molar-refractivity contribution in [2.75, 3.05) is 13.1 Å². The van der Waals surface area contributed by atoms with Crippen LogP contribution < -0.4 is 5.32 Å².